The summed E-state index contributed by atoms with van der Waals surface area (Å²) in [4.78, 5) is 39.8. The fourth-order valence-corrected chi connectivity index (χ4v) is 3.33. The van der Waals surface area contributed by atoms with E-state index >= 15 is 0 Å². The summed E-state index contributed by atoms with van der Waals surface area (Å²) < 4.78 is 5.03. The Morgan fingerprint density at radius 3 is 2.31 bits per heavy atom. The van der Waals surface area contributed by atoms with Gasteiger partial charge < -0.3 is 19.4 Å². The van der Waals surface area contributed by atoms with Crippen molar-refractivity contribution in [2.24, 2.45) is 0 Å². The highest BCUT2D eigenvalue weighted by molar-refractivity contribution is 5.77. The summed E-state index contributed by atoms with van der Waals surface area (Å²) in [5, 5.41) is 0. The first-order chi connectivity index (χ1) is 12.7. The molecule has 0 spiro atoms. The molecular weight excluding hydrogens is 336 g/mol. The number of hydrogen-bond donors (Lipinski definition) is 1. The molecule has 2 aliphatic heterocycles. The molecule has 3 rings (SSSR count). The second-order valence-electron chi connectivity index (χ2n) is 6.53. The molecule has 2 amide bonds. The maximum Gasteiger partial charge on any atom is 0.410 e. The topological polar surface area (TPSA) is 83.3 Å². The third-order valence-electron chi connectivity index (χ3n) is 4.87. The van der Waals surface area contributed by atoms with Crippen LogP contribution < -0.4 is 9.80 Å². The minimum Gasteiger partial charge on any atom is -0.450 e. The average Bonchev–Trinajstić information content (AvgIpc) is 2.69. The lowest BCUT2D eigenvalue weighted by atomic mass is 10.3. The fraction of sp³-hybridized carbons (Fsp3) is 0.647. The summed E-state index contributed by atoms with van der Waals surface area (Å²) in [7, 11) is 0. The van der Waals surface area contributed by atoms with Gasteiger partial charge in [-0.15, -0.1) is 0 Å². The monoisotopic (exact) mass is 363 g/mol. The Kier molecular flexibility index (Phi) is 6.21. The molecule has 0 radical (unpaired) electrons. The van der Waals surface area contributed by atoms with Gasteiger partial charge in [-0.3, -0.25) is 9.69 Å². The molecule has 9 nitrogen and oxygen atoms in total. The van der Waals surface area contributed by atoms with Crippen LogP contribution in [0.25, 0.3) is 0 Å². The number of carbonyl (C=O) groups is 2. The number of piperazine rings is 2. The van der Waals surface area contributed by atoms with E-state index in [1.165, 1.54) is 4.90 Å². The average molecular weight is 363 g/mol. The van der Waals surface area contributed by atoms with Gasteiger partial charge in [0.15, 0.2) is 6.54 Å². The molecule has 0 aliphatic carbocycles. The van der Waals surface area contributed by atoms with Crippen molar-refractivity contribution in [3.8, 4) is 0 Å². The highest BCUT2D eigenvalue weighted by atomic mass is 16.6. The number of carbonyl (C=O) groups excluding carboxylic acids is 2. The number of hydrogen-bond acceptors (Lipinski definition) is 6. The van der Waals surface area contributed by atoms with Gasteiger partial charge in [0.05, 0.1) is 32.8 Å². The van der Waals surface area contributed by atoms with E-state index in [0.29, 0.717) is 39.3 Å². The van der Waals surface area contributed by atoms with Gasteiger partial charge in [-0.05, 0) is 13.0 Å². The van der Waals surface area contributed by atoms with Crippen molar-refractivity contribution in [1.29, 1.82) is 0 Å². The molecule has 0 bridgehead atoms. The second kappa shape index (κ2) is 8.79. The van der Waals surface area contributed by atoms with E-state index < -0.39 is 0 Å². The lowest BCUT2D eigenvalue weighted by Crippen LogP contribution is -3.15. The van der Waals surface area contributed by atoms with Crippen LogP contribution in [0.3, 0.4) is 0 Å². The van der Waals surface area contributed by atoms with Gasteiger partial charge >= 0.3 is 6.09 Å². The fourth-order valence-electron chi connectivity index (χ4n) is 3.33. The smallest absolute Gasteiger partial charge is 0.410 e. The van der Waals surface area contributed by atoms with Gasteiger partial charge in [-0.25, -0.2) is 14.8 Å². The van der Waals surface area contributed by atoms with Crippen molar-refractivity contribution in [3.05, 3.63) is 18.5 Å². The van der Waals surface area contributed by atoms with Crippen LogP contribution in [0.5, 0.6) is 0 Å². The molecule has 142 valence electrons. The summed E-state index contributed by atoms with van der Waals surface area (Å²) in [6, 6.07) is 1.80. The van der Waals surface area contributed by atoms with Crippen LogP contribution in [0, 0.1) is 0 Å². The van der Waals surface area contributed by atoms with E-state index in [1.807, 2.05) is 11.8 Å². The van der Waals surface area contributed by atoms with Crippen LogP contribution in [0.4, 0.5) is 10.7 Å². The molecule has 0 atom stereocenters. The van der Waals surface area contributed by atoms with E-state index in [-0.39, 0.29) is 12.0 Å². The Labute approximate surface area is 153 Å². The van der Waals surface area contributed by atoms with Crippen molar-refractivity contribution in [1.82, 2.24) is 19.8 Å². The van der Waals surface area contributed by atoms with Crippen molar-refractivity contribution < 1.29 is 19.2 Å². The standard InChI is InChI=1S/C17H26N6O3/c1-2-26-17(25)23-8-6-20(7-9-23)14-15(24)21-10-12-22(13-11-21)16-18-4-3-5-19-16/h3-5H,2,6-14H2,1H3/p+1. The number of rotatable bonds is 4. The molecular formula is C17H27N6O3+. The normalized spacial score (nSPS) is 18.7. The van der Waals surface area contributed by atoms with Crippen molar-refractivity contribution in [3.63, 3.8) is 0 Å². The Hall–Kier alpha value is -2.42. The molecule has 1 N–H and O–H groups in total. The number of anilines is 1. The number of amides is 2. The molecule has 1 aromatic rings. The lowest BCUT2D eigenvalue weighted by Gasteiger charge is -2.36. The van der Waals surface area contributed by atoms with Gasteiger partial charge in [-0.2, -0.15) is 0 Å². The summed E-state index contributed by atoms with van der Waals surface area (Å²) in [6.07, 6.45) is 3.22. The first-order valence-corrected chi connectivity index (χ1v) is 9.22. The molecule has 2 fully saturated rings. The van der Waals surface area contributed by atoms with Crippen LogP contribution >= 0.6 is 0 Å². The summed E-state index contributed by atoms with van der Waals surface area (Å²) in [5.74, 6) is 0.901. The first kappa shape index (κ1) is 18.4. The number of nitrogens with one attached hydrogen (secondary N) is 1. The Bertz CT molecular complexity index is 598. The highest BCUT2D eigenvalue weighted by Crippen LogP contribution is 2.09. The van der Waals surface area contributed by atoms with Gasteiger partial charge in [0.25, 0.3) is 5.91 Å². The maximum absolute atomic E-state index is 12.6. The van der Waals surface area contributed by atoms with Crippen LogP contribution in [-0.2, 0) is 9.53 Å². The number of quaternary nitrogens is 1. The zero-order valence-electron chi connectivity index (χ0n) is 15.3. The molecule has 0 unspecified atom stereocenters. The Morgan fingerprint density at radius 2 is 1.69 bits per heavy atom. The molecule has 0 aromatic carbocycles. The summed E-state index contributed by atoms with van der Waals surface area (Å²) >= 11 is 0. The maximum atomic E-state index is 12.6. The van der Waals surface area contributed by atoms with Gasteiger partial charge in [0.2, 0.25) is 5.95 Å². The minimum absolute atomic E-state index is 0.179. The molecule has 1 aromatic heterocycles. The predicted octanol–water partition coefficient (Wildman–Crippen LogP) is -1.52. The zero-order chi connectivity index (χ0) is 18.4. The van der Waals surface area contributed by atoms with Crippen LogP contribution in [0.1, 0.15) is 6.92 Å². The van der Waals surface area contributed by atoms with Gasteiger partial charge in [-0.1, -0.05) is 0 Å². The number of ether oxygens (including phenoxy) is 1. The molecule has 26 heavy (non-hydrogen) atoms. The van der Waals surface area contributed by atoms with Crippen LogP contribution in [0.15, 0.2) is 18.5 Å². The zero-order valence-corrected chi connectivity index (χ0v) is 15.3. The third kappa shape index (κ3) is 4.60. The molecule has 3 heterocycles. The van der Waals surface area contributed by atoms with E-state index in [2.05, 4.69) is 14.9 Å². The second-order valence-corrected chi connectivity index (χ2v) is 6.53. The summed E-state index contributed by atoms with van der Waals surface area (Å²) in [5.41, 5.74) is 0. The van der Waals surface area contributed by atoms with Gasteiger partial charge in [0.1, 0.15) is 0 Å². The first-order valence-electron chi connectivity index (χ1n) is 9.22. The number of nitrogens with zero attached hydrogens (tertiary/aromatic N) is 5. The quantitative estimate of drug-likeness (QED) is 0.700. The lowest BCUT2D eigenvalue weighted by molar-refractivity contribution is -0.896. The Morgan fingerprint density at radius 1 is 1.04 bits per heavy atom. The SMILES string of the molecule is CCOC(=O)N1CC[NH+](CC(=O)N2CCN(c3ncccn3)CC2)CC1. The molecule has 2 aliphatic rings. The Balaban J connectivity index is 1.40. The van der Waals surface area contributed by atoms with Crippen LogP contribution in [-0.4, -0.2) is 97.3 Å². The third-order valence-corrected chi connectivity index (χ3v) is 4.87. The molecule has 2 saturated heterocycles. The van der Waals surface area contributed by atoms with Crippen molar-refractivity contribution in [2.75, 3.05) is 70.4 Å². The van der Waals surface area contributed by atoms with E-state index in [0.717, 1.165) is 32.1 Å². The predicted molar refractivity (Wildman–Crippen MR) is 95.0 cm³/mol. The minimum atomic E-state index is -0.253. The van der Waals surface area contributed by atoms with Crippen LogP contribution in [0.2, 0.25) is 0 Å². The van der Waals surface area contributed by atoms with Crippen molar-refractivity contribution >= 4 is 17.9 Å². The highest BCUT2D eigenvalue weighted by Gasteiger charge is 2.29. The molecule has 0 saturated carbocycles. The molecule has 9 heteroatoms. The number of aromatic nitrogens is 2. The van der Waals surface area contributed by atoms with Crippen molar-refractivity contribution in [2.45, 2.75) is 6.92 Å². The summed E-state index contributed by atoms with van der Waals surface area (Å²) in [6.45, 7) is 8.42. The van der Waals surface area contributed by atoms with E-state index in [9.17, 15) is 9.59 Å². The van der Waals surface area contributed by atoms with E-state index in [1.54, 1.807) is 23.4 Å². The largest absolute Gasteiger partial charge is 0.450 e. The van der Waals surface area contributed by atoms with E-state index in [4.69, 9.17) is 4.74 Å². The van der Waals surface area contributed by atoms with Gasteiger partial charge in [0, 0.05) is 38.6 Å².